The predicted molar refractivity (Wildman–Crippen MR) is 80.9 cm³/mol. The molecule has 23 heavy (non-hydrogen) atoms. The third kappa shape index (κ3) is 2.41. The van der Waals surface area contributed by atoms with E-state index in [4.69, 9.17) is 4.42 Å². The summed E-state index contributed by atoms with van der Waals surface area (Å²) in [6.45, 7) is 1.29. The third-order valence-electron chi connectivity index (χ3n) is 4.18. The van der Waals surface area contributed by atoms with Crippen molar-refractivity contribution in [2.45, 2.75) is 25.4 Å². The second-order valence-electron chi connectivity index (χ2n) is 5.62. The van der Waals surface area contributed by atoms with Crippen LogP contribution in [-0.2, 0) is 6.54 Å². The van der Waals surface area contributed by atoms with E-state index in [1.165, 1.54) is 0 Å². The lowest BCUT2D eigenvalue weighted by Crippen LogP contribution is -2.38. The molecule has 1 amide bonds. The van der Waals surface area contributed by atoms with E-state index in [0.717, 1.165) is 12.8 Å². The van der Waals surface area contributed by atoms with Crippen LogP contribution in [-0.4, -0.2) is 43.4 Å². The summed E-state index contributed by atoms with van der Waals surface area (Å²) in [6.07, 6.45) is 5.26. The van der Waals surface area contributed by atoms with Crippen LogP contribution in [0.4, 0.5) is 0 Å². The number of oxazole rings is 1. The molecular weight excluding hydrogens is 298 g/mol. The van der Waals surface area contributed by atoms with E-state index in [1.807, 2.05) is 4.90 Å². The molecule has 0 bridgehead atoms. The molecule has 1 N–H and O–H groups in total. The molecule has 0 aliphatic carbocycles. The molecule has 0 radical (unpaired) electrons. The van der Waals surface area contributed by atoms with Crippen molar-refractivity contribution in [3.8, 4) is 0 Å². The molecule has 0 unspecified atom stereocenters. The lowest BCUT2D eigenvalue weighted by Gasteiger charge is -2.24. The summed E-state index contributed by atoms with van der Waals surface area (Å²) in [5, 5.41) is 7.76. The highest BCUT2D eigenvalue weighted by atomic mass is 16.4. The summed E-state index contributed by atoms with van der Waals surface area (Å²) in [5.41, 5.74) is 1.26. The van der Waals surface area contributed by atoms with E-state index in [0.29, 0.717) is 29.8 Å². The van der Waals surface area contributed by atoms with E-state index in [1.54, 1.807) is 35.3 Å². The SMILES string of the molecule is O=C(c1cccc2[nH]c(=O)oc12)N1CCC[C@H]1Cn1ccnn1. The van der Waals surface area contributed by atoms with Gasteiger partial charge in [0.1, 0.15) is 0 Å². The van der Waals surface area contributed by atoms with Crippen LogP contribution in [0.1, 0.15) is 23.2 Å². The molecule has 1 atom stereocenters. The molecule has 1 aliphatic rings. The zero-order chi connectivity index (χ0) is 15.8. The van der Waals surface area contributed by atoms with Gasteiger partial charge >= 0.3 is 5.76 Å². The van der Waals surface area contributed by atoms with Crippen molar-refractivity contribution in [1.29, 1.82) is 0 Å². The fourth-order valence-corrected chi connectivity index (χ4v) is 3.14. The topological polar surface area (TPSA) is 97.0 Å². The van der Waals surface area contributed by atoms with Gasteiger partial charge in [0.2, 0.25) is 0 Å². The van der Waals surface area contributed by atoms with Crippen molar-refractivity contribution in [2.75, 3.05) is 6.54 Å². The number of aromatic nitrogens is 4. The van der Waals surface area contributed by atoms with Gasteiger partial charge in [0.15, 0.2) is 5.58 Å². The molecule has 0 spiro atoms. The van der Waals surface area contributed by atoms with Crippen molar-refractivity contribution in [3.05, 3.63) is 46.7 Å². The van der Waals surface area contributed by atoms with Crippen molar-refractivity contribution in [2.24, 2.45) is 0 Å². The van der Waals surface area contributed by atoms with Gasteiger partial charge in [-0.15, -0.1) is 5.10 Å². The first-order valence-electron chi connectivity index (χ1n) is 7.49. The zero-order valence-corrected chi connectivity index (χ0v) is 12.3. The van der Waals surface area contributed by atoms with Crippen LogP contribution in [0.2, 0.25) is 0 Å². The molecule has 1 aromatic carbocycles. The van der Waals surface area contributed by atoms with Crippen LogP contribution in [0.15, 0.2) is 39.8 Å². The number of hydrogen-bond donors (Lipinski definition) is 1. The number of H-pyrrole nitrogens is 1. The number of nitrogens with one attached hydrogen (secondary N) is 1. The predicted octanol–water partition coefficient (Wildman–Crippen LogP) is 1.02. The molecule has 1 aliphatic heterocycles. The number of amides is 1. The Morgan fingerprint density at radius 3 is 3.17 bits per heavy atom. The van der Waals surface area contributed by atoms with E-state index < -0.39 is 5.76 Å². The maximum absolute atomic E-state index is 12.9. The first kappa shape index (κ1) is 13.7. The van der Waals surface area contributed by atoms with Crippen LogP contribution in [0.5, 0.6) is 0 Å². The highest BCUT2D eigenvalue weighted by molar-refractivity contribution is 6.04. The average molecular weight is 313 g/mol. The fraction of sp³-hybridized carbons (Fsp3) is 0.333. The highest BCUT2D eigenvalue weighted by Gasteiger charge is 2.31. The second-order valence-corrected chi connectivity index (χ2v) is 5.62. The number of nitrogens with zero attached hydrogens (tertiary/aromatic N) is 4. The van der Waals surface area contributed by atoms with Crippen molar-refractivity contribution < 1.29 is 9.21 Å². The largest absolute Gasteiger partial charge is 0.417 e. The molecular formula is C15H15N5O3. The fourth-order valence-electron chi connectivity index (χ4n) is 3.14. The molecule has 3 heterocycles. The number of benzene rings is 1. The minimum absolute atomic E-state index is 0.0603. The second kappa shape index (κ2) is 5.38. The van der Waals surface area contributed by atoms with Gasteiger partial charge in [0.05, 0.1) is 29.9 Å². The van der Waals surface area contributed by atoms with Gasteiger partial charge in [0.25, 0.3) is 5.91 Å². The number of likely N-dealkylation sites (tertiary alicyclic amines) is 1. The molecule has 4 rings (SSSR count). The normalized spacial score (nSPS) is 17.9. The Balaban J connectivity index is 1.65. The Kier molecular flexibility index (Phi) is 3.22. The Bertz CT molecular complexity index is 895. The lowest BCUT2D eigenvalue weighted by molar-refractivity contribution is 0.0722. The van der Waals surface area contributed by atoms with Crippen LogP contribution in [0.25, 0.3) is 11.1 Å². The Morgan fingerprint density at radius 1 is 1.43 bits per heavy atom. The molecule has 8 nitrogen and oxygen atoms in total. The Hall–Kier alpha value is -2.90. The minimum Gasteiger partial charge on any atom is -0.407 e. The standard InChI is InChI=1S/C15H15N5O3/c21-14(11-4-1-5-12-13(11)23-15(22)17-12)20-7-2-3-10(20)9-19-8-6-16-18-19/h1,4-6,8,10H,2-3,7,9H2,(H,17,22)/t10-/m0/s1. The minimum atomic E-state index is -0.555. The van der Waals surface area contributed by atoms with Gasteiger partial charge in [-0.1, -0.05) is 11.3 Å². The number of carbonyl (C=O) groups is 1. The first-order valence-corrected chi connectivity index (χ1v) is 7.49. The maximum atomic E-state index is 12.9. The molecule has 1 fully saturated rings. The summed E-state index contributed by atoms with van der Waals surface area (Å²) in [5.74, 6) is -0.679. The van der Waals surface area contributed by atoms with Crippen LogP contribution in [0.3, 0.4) is 0 Å². The lowest BCUT2D eigenvalue weighted by atomic mass is 10.1. The molecule has 1 saturated heterocycles. The van der Waals surface area contributed by atoms with Gasteiger partial charge in [-0.2, -0.15) is 0 Å². The number of para-hydroxylation sites is 1. The van der Waals surface area contributed by atoms with Gasteiger partial charge in [-0.3, -0.25) is 14.5 Å². The van der Waals surface area contributed by atoms with Crippen LogP contribution in [0, 0.1) is 0 Å². The number of hydrogen-bond acceptors (Lipinski definition) is 5. The van der Waals surface area contributed by atoms with Crippen LogP contribution < -0.4 is 5.76 Å². The number of aromatic amines is 1. The number of carbonyl (C=O) groups excluding carboxylic acids is 1. The number of rotatable bonds is 3. The van der Waals surface area contributed by atoms with Gasteiger partial charge in [0, 0.05) is 12.7 Å². The monoisotopic (exact) mass is 313 g/mol. The summed E-state index contributed by atoms with van der Waals surface area (Å²) >= 11 is 0. The number of fused-ring (bicyclic) bond motifs is 1. The highest BCUT2D eigenvalue weighted by Crippen LogP contribution is 2.24. The Morgan fingerprint density at radius 2 is 2.35 bits per heavy atom. The molecule has 8 heteroatoms. The Labute approximate surface area is 130 Å². The summed E-state index contributed by atoms with van der Waals surface area (Å²) in [6, 6.07) is 5.20. The van der Waals surface area contributed by atoms with Gasteiger partial charge in [-0.25, -0.2) is 4.79 Å². The van der Waals surface area contributed by atoms with E-state index in [9.17, 15) is 9.59 Å². The summed E-state index contributed by atoms with van der Waals surface area (Å²) in [7, 11) is 0. The molecule has 0 saturated carbocycles. The first-order chi connectivity index (χ1) is 11.2. The molecule has 2 aromatic heterocycles. The van der Waals surface area contributed by atoms with E-state index in [2.05, 4.69) is 15.3 Å². The van der Waals surface area contributed by atoms with Crippen LogP contribution >= 0.6 is 0 Å². The van der Waals surface area contributed by atoms with Gasteiger partial charge < -0.3 is 9.32 Å². The quantitative estimate of drug-likeness (QED) is 0.778. The zero-order valence-electron chi connectivity index (χ0n) is 12.3. The van der Waals surface area contributed by atoms with Gasteiger partial charge in [-0.05, 0) is 25.0 Å². The third-order valence-corrected chi connectivity index (χ3v) is 4.18. The average Bonchev–Trinajstić information content (AvgIpc) is 3.26. The van der Waals surface area contributed by atoms with Crippen molar-refractivity contribution in [1.82, 2.24) is 24.9 Å². The van der Waals surface area contributed by atoms with Crippen molar-refractivity contribution in [3.63, 3.8) is 0 Å². The van der Waals surface area contributed by atoms with E-state index >= 15 is 0 Å². The van der Waals surface area contributed by atoms with Crippen molar-refractivity contribution >= 4 is 17.0 Å². The smallest absolute Gasteiger partial charge is 0.407 e. The summed E-state index contributed by atoms with van der Waals surface area (Å²) in [4.78, 5) is 28.7. The molecule has 3 aromatic rings. The maximum Gasteiger partial charge on any atom is 0.417 e. The van der Waals surface area contributed by atoms with E-state index in [-0.39, 0.29) is 11.9 Å². The summed E-state index contributed by atoms with van der Waals surface area (Å²) < 4.78 is 6.86. The molecule has 118 valence electrons.